The summed E-state index contributed by atoms with van der Waals surface area (Å²) in [6, 6.07) is 2.03. The van der Waals surface area contributed by atoms with Crippen LogP contribution in [0.15, 0.2) is 23.0 Å². The molecular formula is C9H9N3OS. The van der Waals surface area contributed by atoms with E-state index in [1.165, 1.54) is 11.8 Å². The van der Waals surface area contributed by atoms with E-state index in [0.29, 0.717) is 12.1 Å². The maximum absolute atomic E-state index is 11.5. The minimum absolute atomic E-state index is 0.0324. The maximum atomic E-state index is 11.5. The second kappa shape index (κ2) is 4.15. The number of carbonyl (C=O) groups is 1. The van der Waals surface area contributed by atoms with Gasteiger partial charge in [-0.1, -0.05) is 0 Å². The summed E-state index contributed by atoms with van der Waals surface area (Å²) in [5.41, 5.74) is 1.62. The molecule has 2 rings (SSSR count). The molecule has 0 bridgehead atoms. The highest BCUT2D eigenvalue weighted by atomic mass is 32.1. The highest BCUT2D eigenvalue weighted by molar-refractivity contribution is 7.07. The number of H-pyrrole nitrogens is 1. The van der Waals surface area contributed by atoms with Crippen molar-refractivity contribution in [1.29, 1.82) is 0 Å². The number of ketones is 1. The molecule has 0 aliphatic rings. The first kappa shape index (κ1) is 9.08. The van der Waals surface area contributed by atoms with E-state index in [0.717, 1.165) is 6.42 Å². The topological polar surface area (TPSA) is 58.6 Å². The Morgan fingerprint density at radius 1 is 1.57 bits per heavy atom. The van der Waals surface area contributed by atoms with Crippen LogP contribution in [-0.2, 0) is 6.42 Å². The maximum Gasteiger partial charge on any atom is 0.185 e. The van der Waals surface area contributed by atoms with Crippen molar-refractivity contribution in [3.63, 3.8) is 0 Å². The summed E-state index contributed by atoms with van der Waals surface area (Å²) in [4.78, 5) is 11.5. The van der Waals surface area contributed by atoms with Gasteiger partial charge in [-0.15, -0.1) is 0 Å². The number of thiophene rings is 1. The number of rotatable bonds is 4. The first-order valence-corrected chi connectivity index (χ1v) is 5.20. The van der Waals surface area contributed by atoms with Crippen LogP contribution in [0.4, 0.5) is 0 Å². The molecule has 1 N–H and O–H groups in total. The van der Waals surface area contributed by atoms with Crippen molar-refractivity contribution in [2.24, 2.45) is 0 Å². The Bertz CT molecular complexity index is 394. The SMILES string of the molecule is O=C(CCc1ccsc1)c1cn[nH]n1. The van der Waals surface area contributed by atoms with Gasteiger partial charge in [0.1, 0.15) is 5.69 Å². The molecule has 0 aliphatic carbocycles. The summed E-state index contributed by atoms with van der Waals surface area (Å²) in [6.45, 7) is 0. The fourth-order valence-electron chi connectivity index (χ4n) is 1.16. The Morgan fingerprint density at radius 2 is 2.50 bits per heavy atom. The van der Waals surface area contributed by atoms with Crippen LogP contribution in [0.1, 0.15) is 22.5 Å². The molecule has 0 aromatic carbocycles. The van der Waals surface area contributed by atoms with Crippen molar-refractivity contribution >= 4 is 17.1 Å². The van der Waals surface area contributed by atoms with Gasteiger partial charge >= 0.3 is 0 Å². The lowest BCUT2D eigenvalue weighted by Gasteiger charge is -1.94. The smallest absolute Gasteiger partial charge is 0.185 e. The van der Waals surface area contributed by atoms with Crippen molar-refractivity contribution < 1.29 is 4.79 Å². The Balaban J connectivity index is 1.90. The number of hydrogen-bond donors (Lipinski definition) is 1. The van der Waals surface area contributed by atoms with Crippen LogP contribution in [0, 0.1) is 0 Å². The van der Waals surface area contributed by atoms with Crippen LogP contribution in [-0.4, -0.2) is 21.2 Å². The zero-order chi connectivity index (χ0) is 9.80. The molecular weight excluding hydrogens is 198 g/mol. The van der Waals surface area contributed by atoms with Gasteiger partial charge in [-0.05, 0) is 28.8 Å². The molecule has 0 saturated heterocycles. The van der Waals surface area contributed by atoms with E-state index in [4.69, 9.17) is 0 Å². The molecule has 0 radical (unpaired) electrons. The summed E-state index contributed by atoms with van der Waals surface area (Å²) >= 11 is 1.64. The summed E-state index contributed by atoms with van der Waals surface area (Å²) in [7, 11) is 0. The third kappa shape index (κ3) is 2.05. The number of aromatic nitrogens is 3. The zero-order valence-corrected chi connectivity index (χ0v) is 8.25. The normalized spacial score (nSPS) is 10.3. The number of hydrogen-bond acceptors (Lipinski definition) is 4. The van der Waals surface area contributed by atoms with Gasteiger partial charge in [0.25, 0.3) is 0 Å². The zero-order valence-electron chi connectivity index (χ0n) is 7.43. The lowest BCUT2D eigenvalue weighted by molar-refractivity contribution is 0.0978. The largest absolute Gasteiger partial charge is 0.292 e. The average Bonchev–Trinajstić information content (AvgIpc) is 2.87. The van der Waals surface area contributed by atoms with Crippen molar-refractivity contribution in [1.82, 2.24) is 15.4 Å². The van der Waals surface area contributed by atoms with E-state index in [2.05, 4.69) is 20.8 Å². The van der Waals surface area contributed by atoms with Gasteiger partial charge in [-0.25, -0.2) is 0 Å². The number of carbonyl (C=O) groups excluding carboxylic acids is 1. The predicted molar refractivity (Wildman–Crippen MR) is 53.4 cm³/mol. The summed E-state index contributed by atoms with van der Waals surface area (Å²) in [6.07, 6.45) is 2.72. The van der Waals surface area contributed by atoms with Gasteiger partial charge in [0.15, 0.2) is 5.78 Å². The highest BCUT2D eigenvalue weighted by Crippen LogP contribution is 2.09. The van der Waals surface area contributed by atoms with Gasteiger partial charge in [-0.2, -0.15) is 26.7 Å². The van der Waals surface area contributed by atoms with E-state index in [9.17, 15) is 4.79 Å². The Hall–Kier alpha value is -1.49. The van der Waals surface area contributed by atoms with Crippen molar-refractivity contribution in [3.05, 3.63) is 34.3 Å². The molecule has 2 heterocycles. The van der Waals surface area contributed by atoms with Gasteiger partial charge in [-0.3, -0.25) is 4.79 Å². The van der Waals surface area contributed by atoms with Crippen molar-refractivity contribution in [2.45, 2.75) is 12.8 Å². The van der Waals surface area contributed by atoms with Crippen LogP contribution in [0.3, 0.4) is 0 Å². The Labute approximate surface area is 85.0 Å². The number of aryl methyl sites for hydroxylation is 1. The van der Waals surface area contributed by atoms with Crippen LogP contribution in [0.25, 0.3) is 0 Å². The first-order valence-electron chi connectivity index (χ1n) is 4.26. The van der Waals surface area contributed by atoms with Crippen LogP contribution in [0.5, 0.6) is 0 Å². The van der Waals surface area contributed by atoms with Crippen LogP contribution >= 0.6 is 11.3 Å². The van der Waals surface area contributed by atoms with Crippen LogP contribution in [0.2, 0.25) is 0 Å². The van der Waals surface area contributed by atoms with E-state index in [1.54, 1.807) is 11.3 Å². The molecule has 0 spiro atoms. The lowest BCUT2D eigenvalue weighted by Crippen LogP contribution is -2.01. The molecule has 5 heteroatoms. The third-order valence-electron chi connectivity index (χ3n) is 1.92. The van der Waals surface area contributed by atoms with Crippen molar-refractivity contribution in [3.8, 4) is 0 Å². The number of aromatic amines is 1. The fourth-order valence-corrected chi connectivity index (χ4v) is 1.86. The molecule has 2 aromatic heterocycles. The minimum atomic E-state index is 0.0324. The molecule has 0 amide bonds. The van der Waals surface area contributed by atoms with E-state index in [1.807, 2.05) is 11.4 Å². The monoisotopic (exact) mass is 207 g/mol. The molecule has 2 aromatic rings. The highest BCUT2D eigenvalue weighted by Gasteiger charge is 2.08. The average molecular weight is 207 g/mol. The molecule has 0 aliphatic heterocycles. The minimum Gasteiger partial charge on any atom is -0.292 e. The molecule has 0 fully saturated rings. The molecule has 4 nitrogen and oxygen atoms in total. The molecule has 0 atom stereocenters. The number of nitrogens with zero attached hydrogens (tertiary/aromatic N) is 2. The Morgan fingerprint density at radius 3 is 3.14 bits per heavy atom. The predicted octanol–water partition coefficient (Wildman–Crippen LogP) is 1.68. The lowest BCUT2D eigenvalue weighted by atomic mass is 10.1. The summed E-state index contributed by atoms with van der Waals surface area (Å²) in [5.74, 6) is 0.0324. The van der Waals surface area contributed by atoms with E-state index in [-0.39, 0.29) is 5.78 Å². The molecule has 0 unspecified atom stereocenters. The molecule has 14 heavy (non-hydrogen) atoms. The summed E-state index contributed by atoms with van der Waals surface area (Å²) < 4.78 is 0. The van der Waals surface area contributed by atoms with E-state index >= 15 is 0 Å². The second-order valence-electron chi connectivity index (χ2n) is 2.91. The van der Waals surface area contributed by atoms with Gasteiger partial charge < -0.3 is 0 Å². The molecule has 0 saturated carbocycles. The fraction of sp³-hybridized carbons (Fsp3) is 0.222. The first-order chi connectivity index (χ1) is 6.86. The number of nitrogens with one attached hydrogen (secondary N) is 1. The standard InChI is InChI=1S/C9H9N3OS/c13-9(8-5-10-12-11-8)2-1-7-3-4-14-6-7/h3-6H,1-2H2,(H,10,11,12). The second-order valence-corrected chi connectivity index (χ2v) is 3.69. The Kier molecular flexibility index (Phi) is 2.69. The summed E-state index contributed by atoms with van der Waals surface area (Å²) in [5, 5.41) is 13.8. The number of Topliss-reactive ketones (excluding diaryl/α,β-unsaturated/α-hetero) is 1. The van der Waals surface area contributed by atoms with Crippen LogP contribution < -0.4 is 0 Å². The quantitative estimate of drug-likeness (QED) is 0.776. The third-order valence-corrected chi connectivity index (χ3v) is 2.65. The van der Waals surface area contributed by atoms with Gasteiger partial charge in [0.2, 0.25) is 0 Å². The molecule has 72 valence electrons. The van der Waals surface area contributed by atoms with Gasteiger partial charge in [0, 0.05) is 6.42 Å². The van der Waals surface area contributed by atoms with Crippen molar-refractivity contribution in [2.75, 3.05) is 0 Å². The van der Waals surface area contributed by atoms with E-state index < -0.39 is 0 Å². The van der Waals surface area contributed by atoms with Gasteiger partial charge in [0.05, 0.1) is 6.20 Å².